The van der Waals surface area contributed by atoms with E-state index < -0.39 is 0 Å². The lowest BCUT2D eigenvalue weighted by atomic mass is 10.2. The quantitative estimate of drug-likeness (QED) is 0.577. The van der Waals surface area contributed by atoms with Crippen LogP contribution in [0.5, 0.6) is 23.0 Å². The fourth-order valence-corrected chi connectivity index (χ4v) is 2.67. The summed E-state index contributed by atoms with van der Waals surface area (Å²) in [5.41, 5.74) is 0.976. The Labute approximate surface area is 174 Å². The van der Waals surface area contributed by atoms with Gasteiger partial charge in [0, 0.05) is 18.7 Å². The SMILES string of the molecule is COc1ccc(NC(C)=O)cc1NC(=O)COc1cccc(Oc2ccccc2)c1. The van der Waals surface area contributed by atoms with E-state index in [1.54, 1.807) is 42.5 Å². The minimum absolute atomic E-state index is 0.206. The van der Waals surface area contributed by atoms with E-state index in [1.807, 2.05) is 30.3 Å². The summed E-state index contributed by atoms with van der Waals surface area (Å²) in [5.74, 6) is 1.69. The third kappa shape index (κ3) is 6.00. The molecule has 0 aliphatic heterocycles. The standard InChI is InChI=1S/C23H22N2O5/c1-16(26)24-17-11-12-22(28-2)21(13-17)25-23(27)15-29-19-9-6-10-20(14-19)30-18-7-4-3-5-8-18/h3-14H,15H2,1-2H3,(H,24,26)(H,25,27). The molecule has 0 aliphatic carbocycles. The maximum atomic E-state index is 12.4. The lowest BCUT2D eigenvalue weighted by Gasteiger charge is -2.13. The first kappa shape index (κ1) is 20.7. The van der Waals surface area contributed by atoms with Crippen LogP contribution in [0.3, 0.4) is 0 Å². The van der Waals surface area contributed by atoms with Gasteiger partial charge in [-0.15, -0.1) is 0 Å². The van der Waals surface area contributed by atoms with E-state index in [0.717, 1.165) is 0 Å². The molecule has 0 atom stereocenters. The van der Waals surface area contributed by atoms with Gasteiger partial charge in [-0.25, -0.2) is 0 Å². The van der Waals surface area contributed by atoms with E-state index in [2.05, 4.69) is 10.6 Å². The summed E-state index contributed by atoms with van der Waals surface area (Å²) < 4.78 is 16.6. The van der Waals surface area contributed by atoms with Crippen molar-refractivity contribution in [3.8, 4) is 23.0 Å². The van der Waals surface area contributed by atoms with Crippen LogP contribution in [0.2, 0.25) is 0 Å². The normalized spacial score (nSPS) is 10.1. The molecule has 3 aromatic rings. The van der Waals surface area contributed by atoms with Crippen LogP contribution in [0.1, 0.15) is 6.92 Å². The number of ether oxygens (including phenoxy) is 3. The van der Waals surface area contributed by atoms with Crippen molar-refractivity contribution in [2.45, 2.75) is 6.92 Å². The number of nitrogens with one attached hydrogen (secondary N) is 2. The van der Waals surface area contributed by atoms with Gasteiger partial charge in [0.05, 0.1) is 12.8 Å². The van der Waals surface area contributed by atoms with Gasteiger partial charge in [0.1, 0.15) is 23.0 Å². The molecule has 3 aromatic carbocycles. The van der Waals surface area contributed by atoms with E-state index in [0.29, 0.717) is 34.4 Å². The fraction of sp³-hybridized carbons (Fsp3) is 0.130. The van der Waals surface area contributed by atoms with Crippen LogP contribution >= 0.6 is 0 Å². The minimum Gasteiger partial charge on any atom is -0.495 e. The highest BCUT2D eigenvalue weighted by atomic mass is 16.5. The van der Waals surface area contributed by atoms with Gasteiger partial charge >= 0.3 is 0 Å². The van der Waals surface area contributed by atoms with Gasteiger partial charge in [-0.3, -0.25) is 9.59 Å². The van der Waals surface area contributed by atoms with Crippen LogP contribution in [-0.2, 0) is 9.59 Å². The van der Waals surface area contributed by atoms with Crippen molar-refractivity contribution in [1.82, 2.24) is 0 Å². The van der Waals surface area contributed by atoms with Gasteiger partial charge in [0.25, 0.3) is 5.91 Å². The summed E-state index contributed by atoms with van der Waals surface area (Å²) in [6.45, 7) is 1.20. The van der Waals surface area contributed by atoms with Gasteiger partial charge in [0.15, 0.2) is 6.61 Å². The highest BCUT2D eigenvalue weighted by Gasteiger charge is 2.10. The zero-order chi connectivity index (χ0) is 21.3. The van der Waals surface area contributed by atoms with Gasteiger partial charge in [-0.05, 0) is 42.5 Å². The zero-order valence-electron chi connectivity index (χ0n) is 16.7. The Hall–Kier alpha value is -4.00. The fourth-order valence-electron chi connectivity index (χ4n) is 2.67. The molecule has 0 unspecified atom stereocenters. The predicted octanol–water partition coefficient (Wildman–Crippen LogP) is 4.46. The van der Waals surface area contributed by atoms with Crippen LogP contribution in [-0.4, -0.2) is 25.5 Å². The third-order valence-electron chi connectivity index (χ3n) is 3.95. The van der Waals surface area contributed by atoms with Crippen LogP contribution in [0.4, 0.5) is 11.4 Å². The number of hydrogen-bond donors (Lipinski definition) is 2. The zero-order valence-corrected chi connectivity index (χ0v) is 16.7. The summed E-state index contributed by atoms with van der Waals surface area (Å²) in [5, 5.41) is 5.39. The second-order valence-corrected chi connectivity index (χ2v) is 6.32. The average Bonchev–Trinajstić information content (AvgIpc) is 2.73. The highest BCUT2D eigenvalue weighted by Crippen LogP contribution is 2.28. The molecule has 7 nitrogen and oxygen atoms in total. The number of carbonyl (C=O) groups excluding carboxylic acids is 2. The van der Waals surface area contributed by atoms with Crippen molar-refractivity contribution in [3.05, 3.63) is 72.8 Å². The van der Waals surface area contributed by atoms with Crippen molar-refractivity contribution in [1.29, 1.82) is 0 Å². The number of anilines is 2. The highest BCUT2D eigenvalue weighted by molar-refractivity contribution is 5.95. The molecule has 2 amide bonds. The Morgan fingerprint density at radius 3 is 2.30 bits per heavy atom. The third-order valence-corrected chi connectivity index (χ3v) is 3.95. The van der Waals surface area contributed by atoms with E-state index in [-0.39, 0.29) is 18.4 Å². The van der Waals surface area contributed by atoms with Gasteiger partial charge in [0.2, 0.25) is 5.91 Å². The lowest BCUT2D eigenvalue weighted by Crippen LogP contribution is -2.20. The van der Waals surface area contributed by atoms with Crippen molar-refractivity contribution in [3.63, 3.8) is 0 Å². The van der Waals surface area contributed by atoms with E-state index in [1.165, 1.54) is 14.0 Å². The molecule has 2 N–H and O–H groups in total. The van der Waals surface area contributed by atoms with E-state index in [4.69, 9.17) is 14.2 Å². The second-order valence-electron chi connectivity index (χ2n) is 6.32. The summed E-state index contributed by atoms with van der Waals surface area (Å²) in [7, 11) is 1.50. The molecule has 7 heteroatoms. The Kier molecular flexibility index (Phi) is 6.89. The first-order valence-electron chi connectivity index (χ1n) is 9.25. The van der Waals surface area contributed by atoms with Gasteiger partial charge in [-0.2, -0.15) is 0 Å². The second kappa shape index (κ2) is 9.97. The van der Waals surface area contributed by atoms with Gasteiger partial charge in [-0.1, -0.05) is 24.3 Å². The molecular weight excluding hydrogens is 384 g/mol. The van der Waals surface area contributed by atoms with Crippen molar-refractivity contribution < 1.29 is 23.8 Å². The number of methoxy groups -OCH3 is 1. The molecule has 0 aliphatic rings. The van der Waals surface area contributed by atoms with Gasteiger partial charge < -0.3 is 24.8 Å². The summed E-state index contributed by atoms with van der Waals surface area (Å²) in [6.07, 6.45) is 0. The minimum atomic E-state index is -0.373. The molecule has 0 fully saturated rings. The molecule has 30 heavy (non-hydrogen) atoms. The van der Waals surface area contributed by atoms with Crippen molar-refractivity contribution >= 4 is 23.2 Å². The molecule has 0 heterocycles. The van der Waals surface area contributed by atoms with Crippen LogP contribution in [0, 0.1) is 0 Å². The van der Waals surface area contributed by atoms with Crippen molar-refractivity contribution in [2.24, 2.45) is 0 Å². The molecule has 0 radical (unpaired) electrons. The Balaban J connectivity index is 1.61. The summed E-state index contributed by atoms with van der Waals surface area (Å²) in [4.78, 5) is 23.6. The molecule has 3 rings (SSSR count). The monoisotopic (exact) mass is 406 g/mol. The number of benzene rings is 3. The Bertz CT molecular complexity index is 1020. The lowest BCUT2D eigenvalue weighted by molar-refractivity contribution is -0.118. The predicted molar refractivity (Wildman–Crippen MR) is 114 cm³/mol. The molecule has 154 valence electrons. The van der Waals surface area contributed by atoms with E-state index in [9.17, 15) is 9.59 Å². The topological polar surface area (TPSA) is 85.9 Å². The molecule has 0 aromatic heterocycles. The average molecular weight is 406 g/mol. The number of carbonyl (C=O) groups is 2. The van der Waals surface area contributed by atoms with Crippen LogP contribution in [0.15, 0.2) is 72.8 Å². The number of amides is 2. The van der Waals surface area contributed by atoms with E-state index >= 15 is 0 Å². The molecule has 0 saturated carbocycles. The summed E-state index contributed by atoms with van der Waals surface area (Å²) in [6, 6.07) is 21.4. The molecule has 0 saturated heterocycles. The molecule has 0 bridgehead atoms. The smallest absolute Gasteiger partial charge is 0.262 e. The summed E-state index contributed by atoms with van der Waals surface area (Å²) >= 11 is 0. The first-order valence-corrected chi connectivity index (χ1v) is 9.25. The van der Waals surface area contributed by atoms with Crippen molar-refractivity contribution in [2.75, 3.05) is 24.4 Å². The maximum Gasteiger partial charge on any atom is 0.262 e. The first-order chi connectivity index (χ1) is 14.5. The Morgan fingerprint density at radius 1 is 0.833 bits per heavy atom. The largest absolute Gasteiger partial charge is 0.495 e. The maximum absolute atomic E-state index is 12.4. The molecule has 0 spiro atoms. The molecular formula is C23H22N2O5. The number of hydrogen-bond acceptors (Lipinski definition) is 5. The van der Waals surface area contributed by atoms with Crippen LogP contribution < -0.4 is 24.8 Å². The number of rotatable bonds is 8. The number of para-hydroxylation sites is 1. The van der Waals surface area contributed by atoms with Crippen LogP contribution in [0.25, 0.3) is 0 Å². The Morgan fingerprint density at radius 2 is 1.57 bits per heavy atom.